The van der Waals surface area contributed by atoms with Crippen molar-refractivity contribution in [1.29, 1.82) is 0 Å². The predicted molar refractivity (Wildman–Crippen MR) is 84.5 cm³/mol. The number of nitrogens with zero attached hydrogens (tertiary/aromatic N) is 3. The molecule has 0 amide bonds. The molecule has 1 aliphatic rings. The van der Waals surface area contributed by atoms with Crippen molar-refractivity contribution in [3.05, 3.63) is 35.2 Å². The second kappa shape index (κ2) is 7.22. The lowest BCUT2D eigenvalue weighted by molar-refractivity contribution is 0.195. The highest BCUT2D eigenvalue weighted by molar-refractivity contribution is 6.30. The third kappa shape index (κ3) is 3.66. The van der Waals surface area contributed by atoms with Crippen LogP contribution in [-0.2, 0) is 6.54 Å². The van der Waals surface area contributed by atoms with Gasteiger partial charge in [-0.2, -0.15) is 0 Å². The molecular weight excluding hydrogens is 302 g/mol. The number of rotatable bonds is 6. The van der Waals surface area contributed by atoms with Gasteiger partial charge in [-0.15, -0.1) is 10.2 Å². The maximum Gasteiger partial charge on any atom is 0.247 e. The first-order chi connectivity index (χ1) is 10.8. The monoisotopic (exact) mass is 321 g/mol. The maximum atomic E-state index is 8.98. The van der Waals surface area contributed by atoms with Crippen molar-refractivity contribution >= 4 is 11.6 Å². The lowest BCUT2D eigenvalue weighted by atomic mass is 10.1. The molecule has 0 spiro atoms. The smallest absolute Gasteiger partial charge is 0.247 e. The van der Waals surface area contributed by atoms with Crippen LogP contribution >= 0.6 is 11.6 Å². The predicted octanol–water partition coefficient (Wildman–Crippen LogP) is 3.13. The molecule has 0 aliphatic carbocycles. The van der Waals surface area contributed by atoms with Crippen LogP contribution in [0.3, 0.4) is 0 Å². The van der Waals surface area contributed by atoms with Gasteiger partial charge in [0.2, 0.25) is 11.8 Å². The molecule has 6 heteroatoms. The van der Waals surface area contributed by atoms with Crippen molar-refractivity contribution in [2.24, 2.45) is 0 Å². The molecule has 118 valence electrons. The molecule has 1 unspecified atom stereocenters. The fourth-order valence-corrected chi connectivity index (χ4v) is 3.08. The molecule has 2 heterocycles. The standard InChI is InChI=1S/C16H20ClN3O2/c17-13-7-5-12(6-8-13)16-19-18-15(22-16)11-20-9-1-3-14(20)4-2-10-21/h5-8,14,21H,1-4,9-11H2. The summed E-state index contributed by atoms with van der Waals surface area (Å²) < 4.78 is 5.77. The molecule has 1 aliphatic heterocycles. The quantitative estimate of drug-likeness (QED) is 0.885. The van der Waals surface area contributed by atoms with Crippen LogP contribution in [0.5, 0.6) is 0 Å². The van der Waals surface area contributed by atoms with Gasteiger partial charge in [0.1, 0.15) is 0 Å². The van der Waals surface area contributed by atoms with E-state index in [1.807, 2.05) is 24.3 Å². The summed E-state index contributed by atoms with van der Waals surface area (Å²) in [4.78, 5) is 2.37. The first-order valence-electron chi connectivity index (χ1n) is 7.69. The number of hydrogen-bond acceptors (Lipinski definition) is 5. The fourth-order valence-electron chi connectivity index (χ4n) is 2.96. The van der Waals surface area contributed by atoms with Crippen LogP contribution in [0.2, 0.25) is 5.02 Å². The molecule has 0 saturated carbocycles. The first kappa shape index (κ1) is 15.5. The lowest BCUT2D eigenvalue weighted by Crippen LogP contribution is -2.29. The summed E-state index contributed by atoms with van der Waals surface area (Å²) in [5.74, 6) is 1.17. The van der Waals surface area contributed by atoms with Crippen LogP contribution in [0.15, 0.2) is 28.7 Å². The van der Waals surface area contributed by atoms with Crippen molar-refractivity contribution in [1.82, 2.24) is 15.1 Å². The van der Waals surface area contributed by atoms with E-state index in [1.165, 1.54) is 12.8 Å². The highest BCUT2D eigenvalue weighted by Crippen LogP contribution is 2.25. The number of likely N-dealkylation sites (tertiary alicyclic amines) is 1. The van der Waals surface area contributed by atoms with Crippen molar-refractivity contribution in [3.8, 4) is 11.5 Å². The highest BCUT2D eigenvalue weighted by atomic mass is 35.5. The van der Waals surface area contributed by atoms with Gasteiger partial charge in [-0.1, -0.05) is 11.6 Å². The Morgan fingerprint density at radius 2 is 2.09 bits per heavy atom. The highest BCUT2D eigenvalue weighted by Gasteiger charge is 2.25. The van der Waals surface area contributed by atoms with E-state index in [4.69, 9.17) is 21.1 Å². The minimum Gasteiger partial charge on any atom is -0.419 e. The van der Waals surface area contributed by atoms with Crippen LogP contribution in [0.25, 0.3) is 11.5 Å². The molecule has 1 fully saturated rings. The Hall–Kier alpha value is -1.43. The van der Waals surface area contributed by atoms with Crippen molar-refractivity contribution in [2.75, 3.05) is 13.2 Å². The van der Waals surface area contributed by atoms with Crippen LogP contribution in [-0.4, -0.2) is 39.4 Å². The molecule has 5 nitrogen and oxygen atoms in total. The minimum atomic E-state index is 0.256. The second-order valence-corrected chi connectivity index (χ2v) is 6.08. The summed E-state index contributed by atoms with van der Waals surface area (Å²) in [5.41, 5.74) is 0.876. The van der Waals surface area contributed by atoms with E-state index in [-0.39, 0.29) is 6.61 Å². The third-order valence-electron chi connectivity index (χ3n) is 4.09. The van der Waals surface area contributed by atoms with E-state index < -0.39 is 0 Å². The van der Waals surface area contributed by atoms with Gasteiger partial charge in [0, 0.05) is 23.2 Å². The topological polar surface area (TPSA) is 62.4 Å². The number of aliphatic hydroxyl groups is 1. The summed E-state index contributed by atoms with van der Waals surface area (Å²) in [6, 6.07) is 7.88. The Bertz CT molecular complexity index is 600. The zero-order valence-electron chi connectivity index (χ0n) is 12.4. The second-order valence-electron chi connectivity index (χ2n) is 5.64. The number of halogens is 1. The summed E-state index contributed by atoms with van der Waals surface area (Å²) >= 11 is 5.88. The minimum absolute atomic E-state index is 0.256. The van der Waals surface area contributed by atoms with E-state index in [0.717, 1.165) is 24.9 Å². The average molecular weight is 322 g/mol. The molecule has 1 saturated heterocycles. The van der Waals surface area contributed by atoms with Gasteiger partial charge in [0.25, 0.3) is 0 Å². The van der Waals surface area contributed by atoms with Gasteiger partial charge in [0.05, 0.1) is 6.54 Å². The first-order valence-corrected chi connectivity index (χ1v) is 8.07. The van der Waals surface area contributed by atoms with E-state index >= 15 is 0 Å². The van der Waals surface area contributed by atoms with Crippen LogP contribution < -0.4 is 0 Å². The summed E-state index contributed by atoms with van der Waals surface area (Å²) in [5, 5.41) is 17.9. The number of hydrogen-bond donors (Lipinski definition) is 1. The normalized spacial score (nSPS) is 18.9. The van der Waals surface area contributed by atoms with Gasteiger partial charge in [-0.3, -0.25) is 4.90 Å². The molecule has 0 bridgehead atoms. The largest absolute Gasteiger partial charge is 0.419 e. The Kier molecular flexibility index (Phi) is 5.08. The average Bonchev–Trinajstić information content (AvgIpc) is 3.16. The van der Waals surface area contributed by atoms with E-state index in [1.54, 1.807) is 0 Å². The summed E-state index contributed by atoms with van der Waals surface area (Å²) in [6.45, 7) is 1.98. The number of benzene rings is 1. The third-order valence-corrected chi connectivity index (χ3v) is 4.34. The van der Waals surface area contributed by atoms with Gasteiger partial charge >= 0.3 is 0 Å². The summed E-state index contributed by atoms with van der Waals surface area (Å²) in [7, 11) is 0. The molecular formula is C16H20ClN3O2. The van der Waals surface area contributed by atoms with E-state index in [2.05, 4.69) is 15.1 Å². The van der Waals surface area contributed by atoms with Crippen LogP contribution in [0.1, 0.15) is 31.6 Å². The van der Waals surface area contributed by atoms with Crippen molar-refractivity contribution in [2.45, 2.75) is 38.3 Å². The molecule has 1 aromatic heterocycles. The van der Waals surface area contributed by atoms with Crippen LogP contribution in [0, 0.1) is 0 Å². The number of aromatic nitrogens is 2. The Morgan fingerprint density at radius 1 is 1.27 bits per heavy atom. The van der Waals surface area contributed by atoms with Crippen molar-refractivity contribution < 1.29 is 9.52 Å². The zero-order chi connectivity index (χ0) is 15.4. The molecule has 2 aromatic rings. The molecule has 0 radical (unpaired) electrons. The van der Waals surface area contributed by atoms with Crippen molar-refractivity contribution in [3.63, 3.8) is 0 Å². The maximum absolute atomic E-state index is 8.98. The lowest BCUT2D eigenvalue weighted by Gasteiger charge is -2.22. The Labute approximate surface area is 134 Å². The van der Waals surface area contributed by atoms with Gasteiger partial charge in [-0.05, 0) is 56.5 Å². The van der Waals surface area contributed by atoms with E-state index in [9.17, 15) is 0 Å². The van der Waals surface area contributed by atoms with Gasteiger partial charge < -0.3 is 9.52 Å². The molecule has 1 N–H and O–H groups in total. The fraction of sp³-hybridized carbons (Fsp3) is 0.500. The SMILES string of the molecule is OCCCC1CCCN1Cc1nnc(-c2ccc(Cl)cc2)o1. The summed E-state index contributed by atoms with van der Waals surface area (Å²) in [6.07, 6.45) is 4.24. The Morgan fingerprint density at radius 3 is 2.86 bits per heavy atom. The van der Waals surface area contributed by atoms with Gasteiger partial charge in [-0.25, -0.2) is 0 Å². The van der Waals surface area contributed by atoms with Crippen LogP contribution in [0.4, 0.5) is 0 Å². The molecule has 1 atom stereocenters. The van der Waals surface area contributed by atoms with E-state index in [0.29, 0.717) is 29.4 Å². The zero-order valence-corrected chi connectivity index (χ0v) is 13.2. The Balaban J connectivity index is 1.65. The van der Waals surface area contributed by atoms with Gasteiger partial charge in [0.15, 0.2) is 0 Å². The molecule has 22 heavy (non-hydrogen) atoms. The number of aliphatic hydroxyl groups excluding tert-OH is 1. The molecule has 1 aromatic carbocycles. The molecule has 3 rings (SSSR count).